The van der Waals surface area contributed by atoms with Crippen molar-refractivity contribution in [3.05, 3.63) is 83.4 Å². The number of hydrogen-bond acceptors (Lipinski definition) is 6. The number of anilines is 2. The second kappa shape index (κ2) is 10.2. The molecule has 7 nitrogen and oxygen atoms in total. The lowest BCUT2D eigenvalue weighted by molar-refractivity contribution is 0.0917. The summed E-state index contributed by atoms with van der Waals surface area (Å²) in [6, 6.07) is 19.1. The molecule has 3 aromatic carbocycles. The first kappa shape index (κ1) is 25.4. The molecule has 0 aliphatic carbocycles. The smallest absolute Gasteiger partial charge is 0.264 e. The number of hydrogen-bond donors (Lipinski definition) is 0. The van der Waals surface area contributed by atoms with E-state index in [-0.39, 0.29) is 16.9 Å². The van der Waals surface area contributed by atoms with Gasteiger partial charge in [0.1, 0.15) is 0 Å². The molecule has 37 heavy (non-hydrogen) atoms. The zero-order chi connectivity index (χ0) is 26.2. The third kappa shape index (κ3) is 4.99. The van der Waals surface area contributed by atoms with E-state index in [4.69, 9.17) is 9.72 Å². The number of nitrogens with zero attached hydrogens (tertiary/aromatic N) is 3. The summed E-state index contributed by atoms with van der Waals surface area (Å²) in [6.45, 7) is 5.14. The van der Waals surface area contributed by atoms with E-state index < -0.39 is 10.0 Å². The molecule has 1 amide bonds. The highest BCUT2D eigenvalue weighted by atomic mass is 32.2. The summed E-state index contributed by atoms with van der Waals surface area (Å²) in [7, 11) is -2.26. The first-order valence-corrected chi connectivity index (χ1v) is 14.5. The molecule has 0 saturated carbocycles. The van der Waals surface area contributed by atoms with Crippen molar-refractivity contribution in [2.75, 3.05) is 29.4 Å². The van der Waals surface area contributed by atoms with Gasteiger partial charge in [0.15, 0.2) is 5.13 Å². The fourth-order valence-corrected chi connectivity index (χ4v) is 6.78. The summed E-state index contributed by atoms with van der Waals surface area (Å²) in [5.74, 6) is -0.231. The number of carbonyl (C=O) groups excluding carboxylic acids is 1. The molecule has 1 fully saturated rings. The number of thiazole rings is 1. The van der Waals surface area contributed by atoms with Crippen molar-refractivity contribution >= 4 is 48.3 Å². The Balaban J connectivity index is 1.46. The van der Waals surface area contributed by atoms with E-state index in [9.17, 15) is 13.2 Å². The fraction of sp³-hybridized carbons (Fsp3) is 0.286. The maximum Gasteiger partial charge on any atom is 0.264 e. The van der Waals surface area contributed by atoms with Gasteiger partial charge in [0.2, 0.25) is 0 Å². The number of aromatic nitrogens is 1. The lowest BCUT2D eigenvalue weighted by atomic mass is 10.1. The van der Waals surface area contributed by atoms with Crippen molar-refractivity contribution in [2.45, 2.75) is 37.7 Å². The lowest BCUT2D eigenvalue weighted by Gasteiger charge is -2.23. The largest absolute Gasteiger partial charge is 0.376 e. The molecule has 5 rings (SSSR count). The Morgan fingerprint density at radius 1 is 1.03 bits per heavy atom. The van der Waals surface area contributed by atoms with Gasteiger partial charge in [0, 0.05) is 19.2 Å². The normalized spacial score (nSPS) is 15.7. The number of rotatable bonds is 7. The predicted octanol–water partition coefficient (Wildman–Crippen LogP) is 5.56. The average Bonchev–Trinajstić information content (AvgIpc) is 3.60. The van der Waals surface area contributed by atoms with Crippen molar-refractivity contribution in [1.82, 2.24) is 4.98 Å². The molecular formula is C28H29N3O4S2. The second-order valence-corrected chi connectivity index (χ2v) is 12.2. The number of amides is 1. The maximum absolute atomic E-state index is 13.8. The SMILES string of the molecule is Cc1ccc(C)c2sc(N(CC3CCCO3)C(=O)c3ccc(S(=O)(=O)N(C)c4ccccc4)cc3)nc12. The minimum Gasteiger partial charge on any atom is -0.376 e. The summed E-state index contributed by atoms with van der Waals surface area (Å²) in [5, 5.41) is 0.619. The Labute approximate surface area is 221 Å². The molecular weight excluding hydrogens is 506 g/mol. The number of aryl methyl sites for hydroxylation is 2. The highest BCUT2D eigenvalue weighted by molar-refractivity contribution is 7.92. The molecule has 1 aromatic heterocycles. The minimum atomic E-state index is -3.77. The van der Waals surface area contributed by atoms with Crippen molar-refractivity contribution < 1.29 is 17.9 Å². The maximum atomic E-state index is 13.8. The van der Waals surface area contributed by atoms with Crippen molar-refractivity contribution in [2.24, 2.45) is 0 Å². The summed E-state index contributed by atoms with van der Waals surface area (Å²) in [5.41, 5.74) is 4.03. The van der Waals surface area contributed by atoms with Crippen LogP contribution in [-0.4, -0.2) is 45.6 Å². The van der Waals surface area contributed by atoms with E-state index in [1.165, 1.54) is 34.8 Å². The van der Waals surface area contributed by atoms with Crippen LogP contribution in [0.5, 0.6) is 0 Å². The molecule has 9 heteroatoms. The quantitative estimate of drug-likeness (QED) is 0.309. The van der Waals surface area contributed by atoms with Gasteiger partial charge in [-0.1, -0.05) is 41.7 Å². The van der Waals surface area contributed by atoms with Crippen LogP contribution in [0.4, 0.5) is 10.8 Å². The average molecular weight is 536 g/mol. The lowest BCUT2D eigenvalue weighted by Crippen LogP contribution is -2.37. The van der Waals surface area contributed by atoms with E-state index in [1.54, 1.807) is 41.3 Å². The van der Waals surface area contributed by atoms with Crippen LogP contribution in [0.1, 0.15) is 34.3 Å². The van der Waals surface area contributed by atoms with E-state index in [0.717, 1.165) is 34.2 Å². The minimum absolute atomic E-state index is 0.0580. The van der Waals surface area contributed by atoms with Crippen LogP contribution in [0.25, 0.3) is 10.2 Å². The van der Waals surface area contributed by atoms with Crippen LogP contribution in [0.2, 0.25) is 0 Å². The van der Waals surface area contributed by atoms with Gasteiger partial charge < -0.3 is 4.74 Å². The first-order valence-electron chi connectivity index (χ1n) is 12.2. The molecule has 0 bridgehead atoms. The second-order valence-electron chi connectivity index (χ2n) is 9.26. The van der Waals surface area contributed by atoms with Gasteiger partial charge >= 0.3 is 0 Å². The molecule has 4 aromatic rings. The Hall–Kier alpha value is -3.27. The number of benzene rings is 3. The number of para-hydroxylation sites is 1. The molecule has 1 aliphatic rings. The van der Waals surface area contributed by atoms with Crippen LogP contribution >= 0.6 is 11.3 Å². The molecule has 0 spiro atoms. The Bertz CT molecular complexity index is 1490. The monoisotopic (exact) mass is 535 g/mol. The number of ether oxygens (including phenoxy) is 1. The Kier molecular flexibility index (Phi) is 7.02. The topological polar surface area (TPSA) is 79.8 Å². The van der Waals surface area contributed by atoms with Gasteiger partial charge in [-0.3, -0.25) is 14.0 Å². The van der Waals surface area contributed by atoms with Gasteiger partial charge in [-0.05, 0) is 74.2 Å². The van der Waals surface area contributed by atoms with Crippen molar-refractivity contribution in [1.29, 1.82) is 0 Å². The molecule has 0 N–H and O–H groups in total. The van der Waals surface area contributed by atoms with E-state index in [0.29, 0.717) is 29.5 Å². The molecule has 1 atom stereocenters. The fourth-order valence-electron chi connectivity index (χ4n) is 4.46. The van der Waals surface area contributed by atoms with Crippen LogP contribution in [0, 0.1) is 13.8 Å². The molecule has 1 aliphatic heterocycles. The molecule has 2 heterocycles. The molecule has 0 radical (unpaired) electrons. The van der Waals surface area contributed by atoms with E-state index >= 15 is 0 Å². The van der Waals surface area contributed by atoms with E-state index in [1.807, 2.05) is 26.0 Å². The number of sulfonamides is 1. The van der Waals surface area contributed by atoms with Crippen LogP contribution in [0.3, 0.4) is 0 Å². The summed E-state index contributed by atoms with van der Waals surface area (Å²) >= 11 is 1.50. The predicted molar refractivity (Wildman–Crippen MR) is 148 cm³/mol. The zero-order valence-corrected chi connectivity index (χ0v) is 22.7. The van der Waals surface area contributed by atoms with Crippen LogP contribution in [0.15, 0.2) is 71.6 Å². The summed E-state index contributed by atoms with van der Waals surface area (Å²) in [6.07, 6.45) is 1.79. The third-order valence-corrected chi connectivity index (χ3v) is 9.71. The Morgan fingerprint density at radius 3 is 2.38 bits per heavy atom. The van der Waals surface area contributed by atoms with Gasteiger partial charge in [0.05, 0.1) is 33.4 Å². The van der Waals surface area contributed by atoms with Gasteiger partial charge in [-0.15, -0.1) is 0 Å². The van der Waals surface area contributed by atoms with Crippen molar-refractivity contribution in [3.63, 3.8) is 0 Å². The molecule has 1 unspecified atom stereocenters. The third-order valence-electron chi connectivity index (χ3n) is 6.70. The van der Waals surface area contributed by atoms with Crippen molar-refractivity contribution in [3.8, 4) is 0 Å². The summed E-state index contributed by atoms with van der Waals surface area (Å²) in [4.78, 5) is 20.4. The first-order chi connectivity index (χ1) is 17.8. The van der Waals surface area contributed by atoms with Gasteiger partial charge in [0.25, 0.3) is 15.9 Å². The van der Waals surface area contributed by atoms with Crippen LogP contribution in [-0.2, 0) is 14.8 Å². The number of carbonyl (C=O) groups is 1. The zero-order valence-electron chi connectivity index (χ0n) is 21.0. The van der Waals surface area contributed by atoms with Gasteiger partial charge in [-0.25, -0.2) is 13.4 Å². The molecule has 192 valence electrons. The van der Waals surface area contributed by atoms with Crippen LogP contribution < -0.4 is 9.21 Å². The highest BCUT2D eigenvalue weighted by Crippen LogP contribution is 2.34. The van der Waals surface area contributed by atoms with Gasteiger partial charge in [-0.2, -0.15) is 0 Å². The number of fused-ring (bicyclic) bond motifs is 1. The molecule has 1 saturated heterocycles. The summed E-state index contributed by atoms with van der Waals surface area (Å²) < 4.78 is 34.5. The van der Waals surface area contributed by atoms with E-state index in [2.05, 4.69) is 6.07 Å². The highest BCUT2D eigenvalue weighted by Gasteiger charge is 2.28. The standard InChI is InChI=1S/C28H29N3O4S2/c1-19-11-12-20(2)26-25(19)29-28(36-26)31(18-23-10-7-17-35-23)27(32)21-13-15-24(16-14-21)37(33,34)30(3)22-8-5-4-6-9-22/h4-6,8-9,11-16,23H,7,10,17-18H2,1-3H3. The Morgan fingerprint density at radius 2 is 1.73 bits per heavy atom.